The fraction of sp³-hybridized carbons (Fsp3) is 0.917. The standard InChI is InChI=1S/C12H25NO3S/c1-5-6-13-12(3,11(14)15)9-10(2)17-8-7-16-4/h10,13H,5-9H2,1-4H3,(H,14,15). The predicted molar refractivity (Wildman–Crippen MR) is 72.7 cm³/mol. The zero-order valence-corrected chi connectivity index (χ0v) is 12.1. The predicted octanol–water partition coefficient (Wildman–Crippen LogP) is 1.99. The van der Waals surface area contributed by atoms with E-state index in [0.717, 1.165) is 18.7 Å². The third-order valence-corrected chi connectivity index (χ3v) is 3.76. The van der Waals surface area contributed by atoms with Crippen molar-refractivity contribution in [3.05, 3.63) is 0 Å². The Kier molecular flexibility index (Phi) is 8.64. The van der Waals surface area contributed by atoms with E-state index in [-0.39, 0.29) is 0 Å². The second-order valence-corrected chi connectivity index (χ2v) is 5.99. The lowest BCUT2D eigenvalue weighted by Gasteiger charge is -2.29. The van der Waals surface area contributed by atoms with Gasteiger partial charge in [0.2, 0.25) is 0 Å². The average molecular weight is 263 g/mol. The summed E-state index contributed by atoms with van der Waals surface area (Å²) in [6.45, 7) is 7.30. The van der Waals surface area contributed by atoms with Crippen LogP contribution in [0.2, 0.25) is 0 Å². The number of nitrogens with one attached hydrogen (secondary N) is 1. The summed E-state index contributed by atoms with van der Waals surface area (Å²) in [6.07, 6.45) is 1.56. The van der Waals surface area contributed by atoms with Gasteiger partial charge in [-0.3, -0.25) is 4.79 Å². The van der Waals surface area contributed by atoms with Gasteiger partial charge in [0.15, 0.2) is 0 Å². The fourth-order valence-corrected chi connectivity index (χ4v) is 2.72. The van der Waals surface area contributed by atoms with E-state index in [9.17, 15) is 9.90 Å². The van der Waals surface area contributed by atoms with Crippen LogP contribution in [0.15, 0.2) is 0 Å². The molecule has 0 heterocycles. The highest BCUT2D eigenvalue weighted by atomic mass is 32.2. The molecule has 2 N–H and O–H groups in total. The molecule has 0 rings (SSSR count). The molecule has 0 amide bonds. The molecule has 2 atom stereocenters. The largest absolute Gasteiger partial charge is 0.480 e. The molecular formula is C12H25NO3S. The van der Waals surface area contributed by atoms with Gasteiger partial charge in [0.25, 0.3) is 0 Å². The van der Waals surface area contributed by atoms with Gasteiger partial charge >= 0.3 is 5.97 Å². The highest BCUT2D eigenvalue weighted by Gasteiger charge is 2.33. The summed E-state index contributed by atoms with van der Waals surface area (Å²) >= 11 is 1.75. The Bertz CT molecular complexity index is 226. The quantitative estimate of drug-likeness (QED) is 0.590. The van der Waals surface area contributed by atoms with E-state index < -0.39 is 11.5 Å². The summed E-state index contributed by atoms with van der Waals surface area (Å²) in [4.78, 5) is 11.3. The number of hydrogen-bond acceptors (Lipinski definition) is 4. The topological polar surface area (TPSA) is 58.6 Å². The van der Waals surface area contributed by atoms with Crippen LogP contribution in [0.1, 0.15) is 33.6 Å². The van der Waals surface area contributed by atoms with Gasteiger partial charge in [0.1, 0.15) is 5.54 Å². The number of carboxylic acids is 1. The van der Waals surface area contributed by atoms with Crippen LogP contribution in [-0.2, 0) is 9.53 Å². The molecule has 0 aliphatic heterocycles. The van der Waals surface area contributed by atoms with Gasteiger partial charge in [-0.25, -0.2) is 0 Å². The molecule has 0 radical (unpaired) electrons. The molecule has 5 heteroatoms. The van der Waals surface area contributed by atoms with Crippen LogP contribution in [0.3, 0.4) is 0 Å². The summed E-state index contributed by atoms with van der Waals surface area (Å²) in [7, 11) is 1.68. The van der Waals surface area contributed by atoms with E-state index in [0.29, 0.717) is 18.3 Å². The molecule has 0 aliphatic rings. The molecule has 0 aromatic carbocycles. The fourth-order valence-electron chi connectivity index (χ4n) is 1.60. The van der Waals surface area contributed by atoms with Crippen LogP contribution >= 0.6 is 11.8 Å². The normalized spacial score (nSPS) is 16.5. The highest BCUT2D eigenvalue weighted by molar-refractivity contribution is 7.99. The first-order valence-corrected chi connectivity index (χ1v) is 7.10. The zero-order valence-electron chi connectivity index (χ0n) is 11.3. The van der Waals surface area contributed by atoms with E-state index in [2.05, 4.69) is 12.2 Å². The number of thioether (sulfide) groups is 1. The van der Waals surface area contributed by atoms with Crippen molar-refractivity contribution in [3.8, 4) is 0 Å². The number of aliphatic carboxylic acids is 1. The lowest BCUT2D eigenvalue weighted by atomic mass is 9.96. The molecule has 0 fully saturated rings. The van der Waals surface area contributed by atoms with Crippen LogP contribution in [0.4, 0.5) is 0 Å². The van der Waals surface area contributed by atoms with Crippen molar-refractivity contribution in [2.24, 2.45) is 0 Å². The number of carboxylic acid groups (broad SMARTS) is 1. The molecule has 0 aliphatic carbocycles. The molecule has 0 saturated heterocycles. The van der Waals surface area contributed by atoms with Crippen molar-refractivity contribution >= 4 is 17.7 Å². The van der Waals surface area contributed by atoms with Crippen LogP contribution in [-0.4, -0.2) is 47.9 Å². The van der Waals surface area contributed by atoms with Gasteiger partial charge in [-0.15, -0.1) is 0 Å². The molecule has 0 aromatic heterocycles. The minimum absolute atomic E-state index is 0.301. The summed E-state index contributed by atoms with van der Waals surface area (Å²) in [5.74, 6) is 0.131. The Morgan fingerprint density at radius 3 is 2.71 bits per heavy atom. The van der Waals surface area contributed by atoms with Gasteiger partial charge in [-0.05, 0) is 26.3 Å². The van der Waals surface area contributed by atoms with Gasteiger partial charge in [-0.2, -0.15) is 11.8 Å². The number of carbonyl (C=O) groups is 1. The van der Waals surface area contributed by atoms with Crippen LogP contribution in [0.25, 0.3) is 0 Å². The Labute approximate surface area is 108 Å². The van der Waals surface area contributed by atoms with Gasteiger partial charge < -0.3 is 15.2 Å². The van der Waals surface area contributed by atoms with Gasteiger partial charge in [-0.1, -0.05) is 13.8 Å². The minimum atomic E-state index is -0.824. The van der Waals surface area contributed by atoms with E-state index in [1.165, 1.54) is 0 Å². The monoisotopic (exact) mass is 263 g/mol. The maximum atomic E-state index is 11.3. The number of hydrogen-bond donors (Lipinski definition) is 2. The molecular weight excluding hydrogens is 238 g/mol. The lowest BCUT2D eigenvalue weighted by molar-refractivity contribution is -0.144. The van der Waals surface area contributed by atoms with Crippen LogP contribution in [0.5, 0.6) is 0 Å². The first kappa shape index (κ1) is 16.7. The summed E-state index contributed by atoms with van der Waals surface area (Å²) < 4.78 is 4.98. The molecule has 0 saturated carbocycles. The van der Waals surface area contributed by atoms with E-state index in [1.54, 1.807) is 25.8 Å². The second-order valence-electron chi connectivity index (χ2n) is 4.44. The number of ether oxygens (including phenoxy) is 1. The van der Waals surface area contributed by atoms with Gasteiger partial charge in [0.05, 0.1) is 6.61 Å². The Morgan fingerprint density at radius 2 is 2.24 bits per heavy atom. The van der Waals surface area contributed by atoms with E-state index >= 15 is 0 Å². The highest BCUT2D eigenvalue weighted by Crippen LogP contribution is 2.22. The Balaban J connectivity index is 4.18. The average Bonchev–Trinajstić information content (AvgIpc) is 2.26. The second kappa shape index (κ2) is 8.78. The van der Waals surface area contributed by atoms with Crippen LogP contribution in [0, 0.1) is 0 Å². The zero-order chi connectivity index (χ0) is 13.3. The first-order chi connectivity index (χ1) is 7.96. The van der Waals surface area contributed by atoms with Crippen molar-refractivity contribution in [1.29, 1.82) is 0 Å². The smallest absolute Gasteiger partial charge is 0.323 e. The third-order valence-electron chi connectivity index (χ3n) is 2.62. The molecule has 2 unspecified atom stereocenters. The van der Waals surface area contributed by atoms with E-state index in [4.69, 9.17) is 4.74 Å². The van der Waals surface area contributed by atoms with Crippen molar-refractivity contribution in [2.75, 3.05) is 26.0 Å². The number of methoxy groups -OCH3 is 1. The maximum Gasteiger partial charge on any atom is 0.323 e. The lowest BCUT2D eigenvalue weighted by Crippen LogP contribution is -2.51. The molecule has 0 bridgehead atoms. The summed E-state index contributed by atoms with van der Waals surface area (Å²) in [5.41, 5.74) is -0.824. The van der Waals surface area contributed by atoms with Crippen LogP contribution < -0.4 is 5.32 Å². The molecule has 4 nitrogen and oxygen atoms in total. The molecule has 102 valence electrons. The van der Waals surface area contributed by atoms with Gasteiger partial charge in [0, 0.05) is 18.1 Å². The summed E-state index contributed by atoms with van der Waals surface area (Å²) in [6, 6.07) is 0. The summed E-state index contributed by atoms with van der Waals surface area (Å²) in [5, 5.41) is 12.7. The third kappa shape index (κ3) is 6.91. The molecule has 0 aromatic rings. The molecule has 0 spiro atoms. The van der Waals surface area contributed by atoms with Crippen molar-refractivity contribution < 1.29 is 14.6 Å². The Morgan fingerprint density at radius 1 is 1.59 bits per heavy atom. The van der Waals surface area contributed by atoms with Crippen molar-refractivity contribution in [1.82, 2.24) is 5.32 Å². The maximum absolute atomic E-state index is 11.3. The first-order valence-electron chi connectivity index (χ1n) is 6.05. The van der Waals surface area contributed by atoms with E-state index in [1.807, 2.05) is 6.92 Å². The minimum Gasteiger partial charge on any atom is -0.480 e. The van der Waals surface area contributed by atoms with Crippen molar-refractivity contribution in [2.45, 2.75) is 44.4 Å². The number of rotatable bonds is 10. The Hall–Kier alpha value is -0.260. The van der Waals surface area contributed by atoms with Crippen molar-refractivity contribution in [3.63, 3.8) is 0 Å². The molecule has 17 heavy (non-hydrogen) atoms. The SMILES string of the molecule is CCCNC(C)(CC(C)SCCOC)C(=O)O.